The van der Waals surface area contributed by atoms with Gasteiger partial charge in [-0.15, -0.1) is 0 Å². The fraction of sp³-hybridized carbons (Fsp3) is 0.312. The van der Waals surface area contributed by atoms with Crippen molar-refractivity contribution >= 4 is 11.4 Å². The summed E-state index contributed by atoms with van der Waals surface area (Å²) in [6, 6.07) is 12.5. The molecule has 0 atom stereocenters. The van der Waals surface area contributed by atoms with Gasteiger partial charge in [0.1, 0.15) is 0 Å². The fourth-order valence-corrected chi connectivity index (χ4v) is 2.59. The van der Waals surface area contributed by atoms with E-state index in [9.17, 15) is 5.21 Å². The van der Waals surface area contributed by atoms with E-state index in [2.05, 4.69) is 41.0 Å². The molecule has 0 radical (unpaired) electrons. The minimum Gasteiger partial charge on any atom is -0.619 e. The van der Waals surface area contributed by atoms with Gasteiger partial charge >= 0.3 is 0 Å². The van der Waals surface area contributed by atoms with Crippen LogP contribution >= 0.6 is 0 Å². The summed E-state index contributed by atoms with van der Waals surface area (Å²) in [5.41, 5.74) is 3.71. The van der Waals surface area contributed by atoms with Gasteiger partial charge in [-0.3, -0.25) is 0 Å². The third-order valence-electron chi connectivity index (χ3n) is 3.83. The maximum absolute atomic E-state index is 11.1. The van der Waals surface area contributed by atoms with Crippen molar-refractivity contribution in [2.24, 2.45) is 0 Å². The molecule has 0 unspecified atom stereocenters. The molecule has 3 rings (SSSR count). The van der Waals surface area contributed by atoms with Gasteiger partial charge in [0, 0.05) is 49.7 Å². The van der Waals surface area contributed by atoms with E-state index in [1.807, 2.05) is 12.1 Å². The Kier molecular flexibility index (Phi) is 3.46. The molecule has 0 spiro atoms. The van der Waals surface area contributed by atoms with Crippen LogP contribution in [0.2, 0.25) is 0 Å². The average molecular weight is 269 g/mol. The van der Waals surface area contributed by atoms with Crippen LogP contribution in [-0.4, -0.2) is 26.2 Å². The molecule has 1 aliphatic rings. The van der Waals surface area contributed by atoms with Gasteiger partial charge in [-0.2, -0.15) is 4.73 Å². The lowest BCUT2D eigenvalue weighted by molar-refractivity contribution is -0.605. The van der Waals surface area contributed by atoms with Gasteiger partial charge in [0.25, 0.3) is 0 Å². The molecular formula is C16H19N3O. The van der Waals surface area contributed by atoms with Crippen LogP contribution in [0.1, 0.15) is 5.56 Å². The zero-order chi connectivity index (χ0) is 13.9. The number of anilines is 2. The Hall–Kier alpha value is -2.23. The van der Waals surface area contributed by atoms with E-state index < -0.39 is 0 Å². The summed E-state index contributed by atoms with van der Waals surface area (Å²) in [5, 5.41) is 11.1. The van der Waals surface area contributed by atoms with Crippen LogP contribution in [0.25, 0.3) is 0 Å². The van der Waals surface area contributed by atoms with Crippen molar-refractivity contribution in [3.05, 3.63) is 59.6 Å². The van der Waals surface area contributed by atoms with Crippen molar-refractivity contribution in [2.45, 2.75) is 6.92 Å². The summed E-state index contributed by atoms with van der Waals surface area (Å²) in [6.07, 6.45) is 3.11. The monoisotopic (exact) mass is 269 g/mol. The number of benzene rings is 1. The summed E-state index contributed by atoms with van der Waals surface area (Å²) < 4.78 is 0.825. The van der Waals surface area contributed by atoms with Gasteiger partial charge in [-0.25, -0.2) is 0 Å². The molecule has 1 aromatic heterocycles. The first-order valence-corrected chi connectivity index (χ1v) is 6.98. The minimum atomic E-state index is 0.825. The highest BCUT2D eigenvalue weighted by Crippen LogP contribution is 2.20. The van der Waals surface area contributed by atoms with Crippen molar-refractivity contribution in [3.8, 4) is 0 Å². The predicted octanol–water partition coefficient (Wildman–Crippen LogP) is 1.96. The van der Waals surface area contributed by atoms with Crippen molar-refractivity contribution < 1.29 is 4.73 Å². The van der Waals surface area contributed by atoms with Crippen LogP contribution in [0.4, 0.5) is 11.4 Å². The van der Waals surface area contributed by atoms with Crippen LogP contribution < -0.4 is 14.5 Å². The van der Waals surface area contributed by atoms with Crippen LogP contribution in [0.5, 0.6) is 0 Å². The van der Waals surface area contributed by atoms with E-state index in [1.54, 1.807) is 12.4 Å². The molecule has 0 amide bonds. The van der Waals surface area contributed by atoms with E-state index >= 15 is 0 Å². The Labute approximate surface area is 119 Å². The zero-order valence-corrected chi connectivity index (χ0v) is 11.7. The molecule has 1 fully saturated rings. The van der Waals surface area contributed by atoms with E-state index in [0.717, 1.165) is 36.6 Å². The number of aromatic nitrogens is 1. The summed E-state index contributed by atoms with van der Waals surface area (Å²) in [7, 11) is 0. The van der Waals surface area contributed by atoms with Gasteiger partial charge in [0.15, 0.2) is 12.4 Å². The van der Waals surface area contributed by atoms with Crippen molar-refractivity contribution in [3.63, 3.8) is 0 Å². The number of piperazine rings is 1. The highest BCUT2D eigenvalue weighted by Gasteiger charge is 2.17. The summed E-state index contributed by atoms with van der Waals surface area (Å²) in [6.45, 7) is 6.09. The topological polar surface area (TPSA) is 33.4 Å². The Morgan fingerprint density at radius 1 is 0.800 bits per heavy atom. The average Bonchev–Trinajstić information content (AvgIpc) is 2.49. The quantitative estimate of drug-likeness (QED) is 0.617. The molecule has 4 nitrogen and oxygen atoms in total. The van der Waals surface area contributed by atoms with E-state index in [1.165, 1.54) is 11.3 Å². The molecule has 4 heteroatoms. The second-order valence-corrected chi connectivity index (χ2v) is 5.23. The van der Waals surface area contributed by atoms with E-state index in [-0.39, 0.29) is 0 Å². The molecule has 0 aliphatic carbocycles. The molecule has 2 aromatic rings. The first kappa shape index (κ1) is 12.8. The number of nitrogens with zero attached hydrogens (tertiary/aromatic N) is 3. The minimum absolute atomic E-state index is 0.825. The number of hydrogen-bond acceptors (Lipinski definition) is 3. The van der Waals surface area contributed by atoms with Crippen LogP contribution in [0.15, 0.2) is 48.8 Å². The second kappa shape index (κ2) is 5.41. The predicted molar refractivity (Wildman–Crippen MR) is 81.0 cm³/mol. The number of rotatable bonds is 2. The first-order chi connectivity index (χ1) is 9.72. The SMILES string of the molecule is Cc1ccc(N2CCN(c3cc[n+]([O-])cc3)CC2)cc1. The second-order valence-electron chi connectivity index (χ2n) is 5.23. The third-order valence-corrected chi connectivity index (χ3v) is 3.83. The maximum atomic E-state index is 11.1. The lowest BCUT2D eigenvalue weighted by Gasteiger charge is -2.37. The maximum Gasteiger partial charge on any atom is 0.182 e. The Balaban J connectivity index is 1.64. The third kappa shape index (κ3) is 2.69. The number of pyridine rings is 1. The van der Waals surface area contributed by atoms with Gasteiger partial charge < -0.3 is 15.0 Å². The molecule has 0 saturated carbocycles. The largest absolute Gasteiger partial charge is 0.619 e. The van der Waals surface area contributed by atoms with Gasteiger partial charge in [0.05, 0.1) is 0 Å². The van der Waals surface area contributed by atoms with Gasteiger partial charge in [-0.1, -0.05) is 17.7 Å². The van der Waals surface area contributed by atoms with Crippen molar-refractivity contribution in [2.75, 3.05) is 36.0 Å². The molecule has 1 aliphatic heterocycles. The molecule has 104 valence electrons. The zero-order valence-electron chi connectivity index (χ0n) is 11.7. The lowest BCUT2D eigenvalue weighted by atomic mass is 10.2. The lowest BCUT2D eigenvalue weighted by Crippen LogP contribution is -2.46. The smallest absolute Gasteiger partial charge is 0.182 e. The summed E-state index contributed by atoms with van der Waals surface area (Å²) in [5.74, 6) is 0. The molecule has 1 aromatic carbocycles. The Morgan fingerprint density at radius 2 is 1.25 bits per heavy atom. The van der Waals surface area contributed by atoms with Crippen LogP contribution in [-0.2, 0) is 0 Å². The Bertz CT molecular complexity index is 504. The summed E-state index contributed by atoms with van der Waals surface area (Å²) >= 11 is 0. The number of aryl methyl sites for hydroxylation is 1. The fourth-order valence-electron chi connectivity index (χ4n) is 2.59. The molecule has 1 saturated heterocycles. The van der Waals surface area contributed by atoms with E-state index in [0.29, 0.717) is 0 Å². The van der Waals surface area contributed by atoms with Crippen LogP contribution in [0, 0.1) is 12.1 Å². The molecule has 2 heterocycles. The van der Waals surface area contributed by atoms with Crippen LogP contribution in [0.3, 0.4) is 0 Å². The summed E-state index contributed by atoms with van der Waals surface area (Å²) in [4.78, 5) is 4.73. The molecule has 0 N–H and O–H groups in total. The standard InChI is InChI=1S/C16H19N3O/c1-14-2-4-15(5-3-14)17-10-12-18(13-11-17)16-6-8-19(20)9-7-16/h2-9H,10-13H2,1H3. The van der Waals surface area contributed by atoms with Crippen molar-refractivity contribution in [1.82, 2.24) is 0 Å². The van der Waals surface area contributed by atoms with Gasteiger partial charge in [0.2, 0.25) is 0 Å². The van der Waals surface area contributed by atoms with Crippen molar-refractivity contribution in [1.29, 1.82) is 0 Å². The van der Waals surface area contributed by atoms with E-state index in [4.69, 9.17) is 0 Å². The molecule has 0 bridgehead atoms. The highest BCUT2D eigenvalue weighted by molar-refractivity contribution is 5.51. The molecule has 20 heavy (non-hydrogen) atoms. The van der Waals surface area contributed by atoms with Gasteiger partial charge in [-0.05, 0) is 19.1 Å². The first-order valence-electron chi connectivity index (χ1n) is 6.98. The Morgan fingerprint density at radius 3 is 1.75 bits per heavy atom. The normalized spacial score (nSPS) is 15.4. The highest BCUT2D eigenvalue weighted by atomic mass is 16.5. The number of hydrogen-bond donors (Lipinski definition) is 0. The molecular weight excluding hydrogens is 250 g/mol.